The highest BCUT2D eigenvalue weighted by atomic mass is 79.9. The number of ether oxygens (including phenoxy) is 1. The molecule has 2 aromatic carbocycles. The van der Waals surface area contributed by atoms with Crippen LogP contribution in [0.25, 0.3) is 0 Å². The zero-order chi connectivity index (χ0) is 14.7. The third-order valence-corrected chi connectivity index (χ3v) is 4.18. The Labute approximate surface area is 131 Å². The number of Topliss-reactive ketones (excluding diaryl/α,β-unsaturated/α-hetero) is 1. The molecule has 0 aliphatic rings. The first-order valence-corrected chi connectivity index (χ1v) is 7.30. The van der Waals surface area contributed by atoms with Crippen LogP contribution in [-0.4, -0.2) is 12.9 Å². The molecule has 0 fully saturated rings. The van der Waals surface area contributed by atoms with E-state index in [1.165, 1.54) is 0 Å². The van der Waals surface area contributed by atoms with E-state index in [2.05, 4.69) is 15.9 Å². The van der Waals surface area contributed by atoms with E-state index in [9.17, 15) is 4.79 Å². The highest BCUT2D eigenvalue weighted by Gasteiger charge is 2.12. The molecule has 0 atom stereocenters. The predicted molar refractivity (Wildman–Crippen MR) is 84.9 cm³/mol. The van der Waals surface area contributed by atoms with Crippen molar-refractivity contribution in [3.05, 3.63) is 62.6 Å². The Kier molecular flexibility index (Phi) is 4.84. The molecule has 0 amide bonds. The Morgan fingerprint density at radius 1 is 1.25 bits per heavy atom. The summed E-state index contributed by atoms with van der Waals surface area (Å²) < 4.78 is 6.19. The molecule has 0 saturated heterocycles. The minimum atomic E-state index is 0.0336. The highest BCUT2D eigenvalue weighted by Crippen LogP contribution is 2.25. The first kappa shape index (κ1) is 15.1. The number of halogens is 2. The summed E-state index contributed by atoms with van der Waals surface area (Å²) in [7, 11) is 1.58. The molecule has 0 bridgehead atoms. The van der Waals surface area contributed by atoms with Crippen molar-refractivity contribution in [2.45, 2.75) is 13.3 Å². The van der Waals surface area contributed by atoms with Crippen LogP contribution >= 0.6 is 27.5 Å². The standard InChI is InChI=1S/C16H14BrClO2/c1-10-3-4-11(8-14(10)17)15(19)9-12-7-13(18)5-6-16(12)20-2/h3-8H,9H2,1-2H3. The maximum Gasteiger partial charge on any atom is 0.167 e. The van der Waals surface area contributed by atoms with Gasteiger partial charge in [0.05, 0.1) is 7.11 Å². The summed E-state index contributed by atoms with van der Waals surface area (Å²) in [6, 6.07) is 10.9. The second-order valence-electron chi connectivity index (χ2n) is 4.52. The van der Waals surface area contributed by atoms with Crippen molar-refractivity contribution in [3.8, 4) is 5.75 Å². The van der Waals surface area contributed by atoms with E-state index in [4.69, 9.17) is 16.3 Å². The molecular weight excluding hydrogens is 340 g/mol. The fraction of sp³-hybridized carbons (Fsp3) is 0.188. The lowest BCUT2D eigenvalue weighted by Crippen LogP contribution is -2.05. The Balaban J connectivity index is 2.27. The average molecular weight is 354 g/mol. The van der Waals surface area contributed by atoms with Gasteiger partial charge in [-0.2, -0.15) is 0 Å². The van der Waals surface area contributed by atoms with Gasteiger partial charge in [0.25, 0.3) is 0 Å². The first-order chi connectivity index (χ1) is 9.51. The summed E-state index contributed by atoms with van der Waals surface area (Å²) in [5.74, 6) is 0.709. The molecule has 104 valence electrons. The van der Waals surface area contributed by atoms with Gasteiger partial charge in [-0.25, -0.2) is 0 Å². The van der Waals surface area contributed by atoms with Gasteiger partial charge in [0.2, 0.25) is 0 Å². The number of carbonyl (C=O) groups is 1. The fourth-order valence-corrected chi connectivity index (χ4v) is 2.50. The smallest absolute Gasteiger partial charge is 0.167 e. The van der Waals surface area contributed by atoms with Crippen LogP contribution < -0.4 is 4.74 Å². The van der Waals surface area contributed by atoms with E-state index in [0.29, 0.717) is 16.3 Å². The second kappa shape index (κ2) is 6.42. The number of hydrogen-bond acceptors (Lipinski definition) is 2. The molecule has 0 spiro atoms. The summed E-state index contributed by atoms with van der Waals surface area (Å²) in [6.07, 6.45) is 0.263. The lowest BCUT2D eigenvalue weighted by molar-refractivity contribution is 0.0992. The minimum absolute atomic E-state index is 0.0336. The quantitative estimate of drug-likeness (QED) is 0.735. The van der Waals surface area contributed by atoms with E-state index in [-0.39, 0.29) is 12.2 Å². The molecule has 2 nitrogen and oxygen atoms in total. The van der Waals surface area contributed by atoms with Gasteiger partial charge in [-0.3, -0.25) is 4.79 Å². The Bertz CT molecular complexity index is 653. The van der Waals surface area contributed by atoms with Gasteiger partial charge >= 0.3 is 0 Å². The summed E-state index contributed by atoms with van der Waals surface area (Å²) >= 11 is 9.42. The van der Waals surface area contributed by atoms with Crippen LogP contribution in [0.2, 0.25) is 5.02 Å². The monoisotopic (exact) mass is 352 g/mol. The van der Waals surface area contributed by atoms with Crippen molar-refractivity contribution < 1.29 is 9.53 Å². The average Bonchev–Trinajstić information content (AvgIpc) is 2.42. The molecule has 2 aromatic rings. The van der Waals surface area contributed by atoms with Crippen LogP contribution in [0.4, 0.5) is 0 Å². The van der Waals surface area contributed by atoms with Crippen molar-refractivity contribution in [1.29, 1.82) is 0 Å². The van der Waals surface area contributed by atoms with Gasteiger partial charge in [0, 0.05) is 27.0 Å². The Morgan fingerprint density at radius 3 is 2.65 bits per heavy atom. The predicted octanol–water partition coefficient (Wildman–Crippen LogP) is 4.84. The lowest BCUT2D eigenvalue weighted by Gasteiger charge is -2.09. The molecule has 20 heavy (non-hydrogen) atoms. The third kappa shape index (κ3) is 3.41. The van der Waals surface area contributed by atoms with Crippen LogP contribution in [0, 0.1) is 6.92 Å². The number of hydrogen-bond donors (Lipinski definition) is 0. The zero-order valence-electron chi connectivity index (χ0n) is 11.2. The number of benzene rings is 2. The van der Waals surface area contributed by atoms with Crippen molar-refractivity contribution in [2.75, 3.05) is 7.11 Å². The molecule has 0 saturated carbocycles. The molecule has 4 heteroatoms. The SMILES string of the molecule is COc1ccc(Cl)cc1CC(=O)c1ccc(C)c(Br)c1. The van der Waals surface area contributed by atoms with Crippen LogP contribution in [0.3, 0.4) is 0 Å². The summed E-state index contributed by atoms with van der Waals surface area (Å²) in [5, 5.41) is 0.596. The fourth-order valence-electron chi connectivity index (χ4n) is 1.93. The number of aryl methyl sites for hydroxylation is 1. The number of carbonyl (C=O) groups excluding carboxylic acids is 1. The van der Waals surface area contributed by atoms with Gasteiger partial charge in [-0.1, -0.05) is 39.7 Å². The van der Waals surface area contributed by atoms with Gasteiger partial charge in [-0.05, 0) is 36.8 Å². The number of methoxy groups -OCH3 is 1. The largest absolute Gasteiger partial charge is 0.496 e. The topological polar surface area (TPSA) is 26.3 Å². The molecule has 0 N–H and O–H groups in total. The summed E-state index contributed by atoms with van der Waals surface area (Å²) in [4.78, 5) is 12.3. The number of rotatable bonds is 4. The molecule has 0 heterocycles. The van der Waals surface area contributed by atoms with Gasteiger partial charge < -0.3 is 4.74 Å². The van der Waals surface area contributed by atoms with Gasteiger partial charge in [-0.15, -0.1) is 0 Å². The van der Waals surface area contributed by atoms with E-state index >= 15 is 0 Å². The van der Waals surface area contributed by atoms with Crippen molar-refractivity contribution in [1.82, 2.24) is 0 Å². The van der Waals surface area contributed by atoms with Gasteiger partial charge in [0.1, 0.15) is 5.75 Å². The first-order valence-electron chi connectivity index (χ1n) is 6.13. The molecular formula is C16H14BrClO2. The van der Waals surface area contributed by atoms with E-state index < -0.39 is 0 Å². The molecule has 0 radical (unpaired) electrons. The summed E-state index contributed by atoms with van der Waals surface area (Å²) in [5.41, 5.74) is 2.56. The van der Waals surface area contributed by atoms with Crippen molar-refractivity contribution in [3.63, 3.8) is 0 Å². The van der Waals surface area contributed by atoms with Gasteiger partial charge in [0.15, 0.2) is 5.78 Å². The van der Waals surface area contributed by atoms with Crippen molar-refractivity contribution in [2.24, 2.45) is 0 Å². The van der Waals surface area contributed by atoms with E-state index in [1.54, 1.807) is 25.3 Å². The molecule has 0 aliphatic heterocycles. The number of ketones is 1. The van der Waals surface area contributed by atoms with Crippen LogP contribution in [-0.2, 0) is 6.42 Å². The van der Waals surface area contributed by atoms with Crippen LogP contribution in [0.5, 0.6) is 5.75 Å². The molecule has 0 aliphatic carbocycles. The third-order valence-electron chi connectivity index (χ3n) is 3.09. The minimum Gasteiger partial charge on any atom is -0.496 e. The van der Waals surface area contributed by atoms with Crippen molar-refractivity contribution >= 4 is 33.3 Å². The second-order valence-corrected chi connectivity index (χ2v) is 5.81. The Hall–Kier alpha value is -1.32. The summed E-state index contributed by atoms with van der Waals surface area (Å²) in [6.45, 7) is 1.98. The van der Waals surface area contributed by atoms with E-state index in [0.717, 1.165) is 15.6 Å². The zero-order valence-corrected chi connectivity index (χ0v) is 13.6. The maximum atomic E-state index is 12.3. The normalized spacial score (nSPS) is 10.4. The molecule has 2 rings (SSSR count). The van der Waals surface area contributed by atoms with Crippen LogP contribution in [0.1, 0.15) is 21.5 Å². The van der Waals surface area contributed by atoms with E-state index in [1.807, 2.05) is 25.1 Å². The highest BCUT2D eigenvalue weighted by molar-refractivity contribution is 9.10. The van der Waals surface area contributed by atoms with Crippen LogP contribution in [0.15, 0.2) is 40.9 Å². The molecule has 0 unspecified atom stereocenters. The Morgan fingerprint density at radius 2 is 2.00 bits per heavy atom. The lowest BCUT2D eigenvalue weighted by atomic mass is 10.0. The molecule has 0 aromatic heterocycles. The maximum absolute atomic E-state index is 12.3.